The summed E-state index contributed by atoms with van der Waals surface area (Å²) in [7, 11) is 1.56. The molecule has 0 aromatic carbocycles. The summed E-state index contributed by atoms with van der Waals surface area (Å²) in [4.78, 5) is 23.7. The SMILES string of the molecule is COCCNC(=O)CN(CC(=O)O)C1CC1. The van der Waals surface area contributed by atoms with E-state index in [2.05, 4.69) is 5.32 Å². The van der Waals surface area contributed by atoms with E-state index >= 15 is 0 Å². The van der Waals surface area contributed by atoms with Gasteiger partial charge < -0.3 is 15.2 Å². The maximum atomic E-state index is 11.4. The van der Waals surface area contributed by atoms with E-state index in [0.29, 0.717) is 13.2 Å². The van der Waals surface area contributed by atoms with Gasteiger partial charge in [-0.25, -0.2) is 0 Å². The van der Waals surface area contributed by atoms with Gasteiger partial charge in [0.05, 0.1) is 19.7 Å². The molecule has 6 heteroatoms. The fraction of sp³-hybridized carbons (Fsp3) is 0.800. The van der Waals surface area contributed by atoms with E-state index in [-0.39, 0.29) is 25.0 Å². The Morgan fingerprint density at radius 3 is 2.62 bits per heavy atom. The van der Waals surface area contributed by atoms with Crippen molar-refractivity contribution in [2.24, 2.45) is 0 Å². The van der Waals surface area contributed by atoms with Crippen LogP contribution < -0.4 is 5.32 Å². The molecule has 1 aliphatic rings. The lowest BCUT2D eigenvalue weighted by atomic mass is 10.4. The Hall–Kier alpha value is -1.14. The summed E-state index contributed by atoms with van der Waals surface area (Å²) in [5.41, 5.74) is 0. The summed E-state index contributed by atoms with van der Waals surface area (Å²) in [6.07, 6.45) is 1.97. The van der Waals surface area contributed by atoms with Crippen molar-refractivity contribution in [3.05, 3.63) is 0 Å². The molecule has 1 fully saturated rings. The van der Waals surface area contributed by atoms with Crippen LogP contribution in [0, 0.1) is 0 Å². The molecule has 1 amide bonds. The molecule has 0 saturated heterocycles. The fourth-order valence-corrected chi connectivity index (χ4v) is 1.46. The van der Waals surface area contributed by atoms with E-state index in [9.17, 15) is 9.59 Å². The Kier molecular flexibility index (Phi) is 5.21. The minimum Gasteiger partial charge on any atom is -0.480 e. The quantitative estimate of drug-likeness (QED) is 0.539. The molecule has 6 nitrogen and oxygen atoms in total. The topological polar surface area (TPSA) is 78.9 Å². The average Bonchev–Trinajstić information content (AvgIpc) is 2.99. The third-order valence-electron chi connectivity index (χ3n) is 2.38. The summed E-state index contributed by atoms with van der Waals surface area (Å²) in [6, 6.07) is 0.268. The molecule has 0 radical (unpaired) electrons. The van der Waals surface area contributed by atoms with Gasteiger partial charge in [0, 0.05) is 19.7 Å². The molecule has 92 valence electrons. The first-order valence-corrected chi connectivity index (χ1v) is 5.35. The highest BCUT2D eigenvalue weighted by molar-refractivity contribution is 5.79. The zero-order valence-corrected chi connectivity index (χ0v) is 9.44. The van der Waals surface area contributed by atoms with Crippen molar-refractivity contribution < 1.29 is 19.4 Å². The molecule has 1 aliphatic carbocycles. The second-order valence-electron chi connectivity index (χ2n) is 3.87. The Labute approximate surface area is 94.6 Å². The first-order chi connectivity index (χ1) is 7.63. The predicted octanol–water partition coefficient (Wildman–Crippen LogP) is -0.702. The molecule has 0 unspecified atom stereocenters. The lowest BCUT2D eigenvalue weighted by Crippen LogP contribution is -2.41. The van der Waals surface area contributed by atoms with Crippen molar-refractivity contribution in [2.75, 3.05) is 33.4 Å². The number of nitrogens with one attached hydrogen (secondary N) is 1. The van der Waals surface area contributed by atoms with Gasteiger partial charge in [0.15, 0.2) is 0 Å². The van der Waals surface area contributed by atoms with Gasteiger partial charge >= 0.3 is 5.97 Å². The molecule has 0 aromatic heterocycles. The van der Waals surface area contributed by atoms with Gasteiger partial charge in [0.2, 0.25) is 5.91 Å². The number of carboxylic acid groups (broad SMARTS) is 1. The molecular weight excluding hydrogens is 212 g/mol. The molecule has 0 spiro atoms. The lowest BCUT2D eigenvalue weighted by Gasteiger charge is -2.18. The van der Waals surface area contributed by atoms with Crippen LogP contribution in [-0.4, -0.2) is 61.3 Å². The van der Waals surface area contributed by atoms with Gasteiger partial charge in [0.1, 0.15) is 0 Å². The highest BCUT2D eigenvalue weighted by Crippen LogP contribution is 2.26. The molecule has 1 saturated carbocycles. The minimum atomic E-state index is -0.892. The lowest BCUT2D eigenvalue weighted by molar-refractivity contribution is -0.138. The maximum absolute atomic E-state index is 11.4. The molecule has 0 heterocycles. The third-order valence-corrected chi connectivity index (χ3v) is 2.38. The number of nitrogens with zero attached hydrogens (tertiary/aromatic N) is 1. The first-order valence-electron chi connectivity index (χ1n) is 5.35. The smallest absolute Gasteiger partial charge is 0.317 e. The zero-order valence-electron chi connectivity index (χ0n) is 9.44. The van der Waals surface area contributed by atoms with Crippen molar-refractivity contribution >= 4 is 11.9 Å². The highest BCUT2D eigenvalue weighted by atomic mass is 16.5. The van der Waals surface area contributed by atoms with Crippen LogP contribution in [0.15, 0.2) is 0 Å². The summed E-state index contributed by atoms with van der Waals surface area (Å²) >= 11 is 0. The third kappa shape index (κ3) is 5.09. The van der Waals surface area contributed by atoms with E-state index in [1.54, 1.807) is 12.0 Å². The number of amides is 1. The number of carboxylic acids is 1. The van der Waals surface area contributed by atoms with Crippen LogP contribution in [0.3, 0.4) is 0 Å². The number of hydrogen-bond donors (Lipinski definition) is 2. The van der Waals surface area contributed by atoms with Crippen LogP contribution >= 0.6 is 0 Å². The first kappa shape index (κ1) is 12.9. The van der Waals surface area contributed by atoms with Gasteiger partial charge in [-0.15, -0.1) is 0 Å². The van der Waals surface area contributed by atoms with Crippen LogP contribution in [-0.2, 0) is 14.3 Å². The number of carbonyl (C=O) groups is 2. The van der Waals surface area contributed by atoms with Crippen LogP contribution in [0.5, 0.6) is 0 Å². The van der Waals surface area contributed by atoms with Gasteiger partial charge in [0.25, 0.3) is 0 Å². The van der Waals surface area contributed by atoms with Gasteiger partial charge in [-0.05, 0) is 12.8 Å². The van der Waals surface area contributed by atoms with E-state index in [1.165, 1.54) is 0 Å². The van der Waals surface area contributed by atoms with Gasteiger partial charge in [-0.3, -0.25) is 14.5 Å². The standard InChI is InChI=1S/C10H18N2O4/c1-16-5-4-11-9(13)6-12(7-10(14)15)8-2-3-8/h8H,2-7H2,1H3,(H,11,13)(H,14,15). The number of aliphatic carboxylic acids is 1. The predicted molar refractivity (Wildman–Crippen MR) is 57.1 cm³/mol. The molecule has 0 bridgehead atoms. The van der Waals surface area contributed by atoms with Crippen molar-refractivity contribution in [3.8, 4) is 0 Å². The van der Waals surface area contributed by atoms with Crippen molar-refractivity contribution in [1.82, 2.24) is 10.2 Å². The summed E-state index contributed by atoms with van der Waals surface area (Å²) in [6.45, 7) is 1.01. The molecule has 0 aromatic rings. The molecular formula is C10H18N2O4. The maximum Gasteiger partial charge on any atom is 0.317 e. The molecule has 1 rings (SSSR count). The van der Waals surface area contributed by atoms with E-state index in [0.717, 1.165) is 12.8 Å². The van der Waals surface area contributed by atoms with Crippen LogP contribution in [0.25, 0.3) is 0 Å². The van der Waals surface area contributed by atoms with Crippen molar-refractivity contribution in [1.29, 1.82) is 0 Å². The zero-order chi connectivity index (χ0) is 12.0. The number of methoxy groups -OCH3 is 1. The Morgan fingerprint density at radius 1 is 1.44 bits per heavy atom. The second kappa shape index (κ2) is 6.44. The Bertz CT molecular complexity index is 253. The molecule has 2 N–H and O–H groups in total. The van der Waals surface area contributed by atoms with Crippen molar-refractivity contribution in [3.63, 3.8) is 0 Å². The summed E-state index contributed by atoms with van der Waals surface area (Å²) < 4.78 is 4.80. The van der Waals surface area contributed by atoms with Gasteiger partial charge in [-0.1, -0.05) is 0 Å². The number of hydrogen-bond acceptors (Lipinski definition) is 4. The number of ether oxygens (including phenoxy) is 1. The summed E-state index contributed by atoms with van der Waals surface area (Å²) in [5, 5.41) is 11.4. The van der Waals surface area contributed by atoms with Crippen LogP contribution in [0.1, 0.15) is 12.8 Å². The van der Waals surface area contributed by atoms with E-state index in [1.807, 2.05) is 0 Å². The van der Waals surface area contributed by atoms with Crippen LogP contribution in [0.2, 0.25) is 0 Å². The largest absolute Gasteiger partial charge is 0.480 e. The molecule has 0 atom stereocenters. The number of carbonyl (C=O) groups excluding carboxylic acids is 1. The Balaban J connectivity index is 2.24. The van der Waals surface area contributed by atoms with Crippen molar-refractivity contribution in [2.45, 2.75) is 18.9 Å². The normalized spacial score (nSPS) is 15.1. The fourth-order valence-electron chi connectivity index (χ4n) is 1.46. The van der Waals surface area contributed by atoms with Gasteiger partial charge in [-0.2, -0.15) is 0 Å². The van der Waals surface area contributed by atoms with E-state index in [4.69, 9.17) is 9.84 Å². The minimum absolute atomic E-state index is 0.0671. The molecule has 0 aliphatic heterocycles. The Morgan fingerprint density at radius 2 is 2.12 bits per heavy atom. The second-order valence-corrected chi connectivity index (χ2v) is 3.87. The van der Waals surface area contributed by atoms with Crippen LogP contribution in [0.4, 0.5) is 0 Å². The highest BCUT2D eigenvalue weighted by Gasteiger charge is 2.31. The monoisotopic (exact) mass is 230 g/mol. The average molecular weight is 230 g/mol. The molecule has 16 heavy (non-hydrogen) atoms. The van der Waals surface area contributed by atoms with E-state index < -0.39 is 5.97 Å². The number of rotatable bonds is 8. The summed E-state index contributed by atoms with van der Waals surface area (Å²) in [5.74, 6) is -1.04.